The van der Waals surface area contributed by atoms with Crippen LogP contribution in [0.1, 0.15) is 25.3 Å². The number of nitrogens with zero attached hydrogens (tertiary/aromatic N) is 1. The molecule has 0 saturated heterocycles. The molecule has 0 aliphatic rings. The summed E-state index contributed by atoms with van der Waals surface area (Å²) < 4.78 is 42.5. The third-order valence-electron chi connectivity index (χ3n) is 3.08. The lowest BCUT2D eigenvalue weighted by molar-refractivity contribution is -0.143. The van der Waals surface area contributed by atoms with Crippen molar-refractivity contribution in [2.24, 2.45) is 0 Å². The first kappa shape index (κ1) is 15.1. The second kappa shape index (κ2) is 4.91. The van der Waals surface area contributed by atoms with Gasteiger partial charge in [-0.1, -0.05) is 12.1 Å². The largest absolute Gasteiger partial charge is 0.480 e. The molecular weight excluding hydrogens is 287 g/mol. The molecule has 1 heterocycles. The number of hydrogen-bond acceptors (Lipinski definition) is 3. The standard InChI is InChI=1S/C14H12F3NO3/c1-13(2,12(19)20)11-18-10(7-21-11)8-3-5-9(6-4-8)14(15,16)17/h3-7H,1-2H3,(H,19,20). The van der Waals surface area contributed by atoms with Gasteiger partial charge in [0, 0.05) is 5.56 Å². The summed E-state index contributed by atoms with van der Waals surface area (Å²) in [6.07, 6.45) is -3.18. The first-order chi connectivity index (χ1) is 9.62. The molecule has 1 N–H and O–H groups in total. The van der Waals surface area contributed by atoms with Gasteiger partial charge in [-0.25, -0.2) is 4.98 Å². The molecule has 1 aromatic heterocycles. The lowest BCUT2D eigenvalue weighted by Gasteiger charge is -2.13. The van der Waals surface area contributed by atoms with Crippen molar-refractivity contribution >= 4 is 5.97 Å². The number of hydrogen-bond donors (Lipinski definition) is 1. The van der Waals surface area contributed by atoms with Gasteiger partial charge >= 0.3 is 12.1 Å². The van der Waals surface area contributed by atoms with Crippen LogP contribution >= 0.6 is 0 Å². The van der Waals surface area contributed by atoms with Gasteiger partial charge in [0.05, 0.1) is 5.56 Å². The SMILES string of the molecule is CC(C)(C(=O)O)c1nc(-c2ccc(C(F)(F)F)cc2)co1. The van der Waals surface area contributed by atoms with E-state index < -0.39 is 23.1 Å². The van der Waals surface area contributed by atoms with Crippen LogP contribution in [0.2, 0.25) is 0 Å². The van der Waals surface area contributed by atoms with Crippen molar-refractivity contribution in [3.05, 3.63) is 42.0 Å². The van der Waals surface area contributed by atoms with E-state index in [2.05, 4.69) is 4.98 Å². The van der Waals surface area contributed by atoms with Crippen molar-refractivity contribution in [3.63, 3.8) is 0 Å². The van der Waals surface area contributed by atoms with Gasteiger partial charge < -0.3 is 9.52 Å². The summed E-state index contributed by atoms with van der Waals surface area (Å²) in [4.78, 5) is 15.1. The molecule has 0 aliphatic heterocycles. The molecule has 0 fully saturated rings. The number of aliphatic carboxylic acids is 1. The Balaban J connectivity index is 2.32. The van der Waals surface area contributed by atoms with Crippen molar-refractivity contribution in [3.8, 4) is 11.3 Å². The predicted molar refractivity (Wildman–Crippen MR) is 67.6 cm³/mol. The van der Waals surface area contributed by atoms with Crippen LogP contribution in [0, 0.1) is 0 Å². The molecule has 7 heteroatoms. The van der Waals surface area contributed by atoms with Gasteiger partial charge in [0.1, 0.15) is 17.4 Å². The summed E-state index contributed by atoms with van der Waals surface area (Å²) in [5.41, 5.74) is -1.38. The quantitative estimate of drug-likeness (QED) is 0.938. The summed E-state index contributed by atoms with van der Waals surface area (Å²) in [6, 6.07) is 4.40. The first-order valence-corrected chi connectivity index (χ1v) is 5.99. The van der Waals surface area contributed by atoms with E-state index in [1.54, 1.807) is 0 Å². The monoisotopic (exact) mass is 299 g/mol. The second-order valence-corrected chi connectivity index (χ2v) is 5.04. The van der Waals surface area contributed by atoms with Gasteiger partial charge in [-0.2, -0.15) is 13.2 Å². The Labute approximate surface area is 118 Å². The molecule has 2 aromatic rings. The highest BCUT2D eigenvalue weighted by Crippen LogP contribution is 2.31. The van der Waals surface area contributed by atoms with Crippen LogP contribution in [-0.4, -0.2) is 16.1 Å². The molecule has 112 valence electrons. The van der Waals surface area contributed by atoms with Crippen LogP contribution in [-0.2, 0) is 16.4 Å². The Morgan fingerprint density at radius 1 is 1.19 bits per heavy atom. The number of carboxylic acids is 1. The molecule has 0 unspecified atom stereocenters. The molecule has 0 aliphatic carbocycles. The maximum atomic E-state index is 12.5. The summed E-state index contributed by atoms with van der Waals surface area (Å²) in [5, 5.41) is 9.08. The number of aromatic nitrogens is 1. The summed E-state index contributed by atoms with van der Waals surface area (Å²) in [7, 11) is 0. The number of carboxylic acid groups (broad SMARTS) is 1. The Bertz CT molecular complexity index is 657. The second-order valence-electron chi connectivity index (χ2n) is 5.04. The normalized spacial score (nSPS) is 12.4. The smallest absolute Gasteiger partial charge is 0.416 e. The average Bonchev–Trinajstić information content (AvgIpc) is 2.88. The minimum Gasteiger partial charge on any atom is -0.480 e. The molecule has 21 heavy (non-hydrogen) atoms. The lowest BCUT2D eigenvalue weighted by Crippen LogP contribution is -2.28. The zero-order chi connectivity index (χ0) is 15.8. The Kier molecular flexibility index (Phi) is 3.52. The maximum absolute atomic E-state index is 12.5. The fourth-order valence-corrected chi connectivity index (χ4v) is 1.61. The van der Waals surface area contributed by atoms with Gasteiger partial charge in [0.2, 0.25) is 5.89 Å². The van der Waals surface area contributed by atoms with Crippen LogP contribution in [0.3, 0.4) is 0 Å². The molecule has 0 radical (unpaired) electrons. The topological polar surface area (TPSA) is 63.3 Å². The van der Waals surface area contributed by atoms with Crippen LogP contribution in [0.25, 0.3) is 11.3 Å². The van der Waals surface area contributed by atoms with Crippen molar-refractivity contribution < 1.29 is 27.5 Å². The summed E-state index contributed by atoms with van der Waals surface area (Å²) in [5.74, 6) is -1.12. The van der Waals surface area contributed by atoms with E-state index in [4.69, 9.17) is 9.52 Å². The minimum atomic E-state index is -4.40. The number of rotatable bonds is 3. The Morgan fingerprint density at radius 2 is 1.76 bits per heavy atom. The van der Waals surface area contributed by atoms with E-state index in [-0.39, 0.29) is 11.6 Å². The zero-order valence-corrected chi connectivity index (χ0v) is 11.2. The molecular formula is C14H12F3NO3. The molecule has 0 atom stereocenters. The van der Waals surface area contributed by atoms with E-state index in [1.807, 2.05) is 0 Å². The van der Waals surface area contributed by atoms with Crippen molar-refractivity contribution in [2.75, 3.05) is 0 Å². The van der Waals surface area contributed by atoms with E-state index in [0.717, 1.165) is 12.1 Å². The molecule has 0 saturated carbocycles. The van der Waals surface area contributed by atoms with Gasteiger partial charge in [0.25, 0.3) is 0 Å². The van der Waals surface area contributed by atoms with Gasteiger partial charge in [-0.3, -0.25) is 4.79 Å². The Hall–Kier alpha value is -2.31. The third kappa shape index (κ3) is 2.91. The number of carbonyl (C=O) groups is 1. The number of benzene rings is 1. The first-order valence-electron chi connectivity index (χ1n) is 5.99. The van der Waals surface area contributed by atoms with Crippen LogP contribution < -0.4 is 0 Å². The van der Waals surface area contributed by atoms with Gasteiger partial charge in [-0.05, 0) is 26.0 Å². The van der Waals surface area contributed by atoms with E-state index in [1.165, 1.54) is 32.2 Å². The highest BCUT2D eigenvalue weighted by atomic mass is 19.4. The van der Waals surface area contributed by atoms with Crippen LogP contribution in [0.4, 0.5) is 13.2 Å². The van der Waals surface area contributed by atoms with Crippen molar-refractivity contribution in [1.29, 1.82) is 0 Å². The Morgan fingerprint density at radius 3 is 2.24 bits per heavy atom. The lowest BCUT2D eigenvalue weighted by atomic mass is 9.94. The third-order valence-corrected chi connectivity index (χ3v) is 3.08. The number of halogens is 3. The van der Waals surface area contributed by atoms with E-state index in [0.29, 0.717) is 5.56 Å². The summed E-state index contributed by atoms with van der Waals surface area (Å²) >= 11 is 0. The minimum absolute atomic E-state index is 0.00935. The van der Waals surface area contributed by atoms with Crippen LogP contribution in [0.15, 0.2) is 34.9 Å². The van der Waals surface area contributed by atoms with E-state index in [9.17, 15) is 18.0 Å². The van der Waals surface area contributed by atoms with Gasteiger partial charge in [0.15, 0.2) is 0 Å². The molecule has 0 bridgehead atoms. The fourth-order valence-electron chi connectivity index (χ4n) is 1.61. The van der Waals surface area contributed by atoms with Crippen molar-refractivity contribution in [1.82, 2.24) is 4.98 Å². The number of alkyl halides is 3. The summed E-state index contributed by atoms with van der Waals surface area (Å²) in [6.45, 7) is 2.86. The van der Waals surface area contributed by atoms with Gasteiger partial charge in [-0.15, -0.1) is 0 Å². The van der Waals surface area contributed by atoms with E-state index >= 15 is 0 Å². The average molecular weight is 299 g/mol. The van der Waals surface area contributed by atoms with Crippen LogP contribution in [0.5, 0.6) is 0 Å². The molecule has 0 amide bonds. The molecule has 1 aromatic carbocycles. The highest BCUT2D eigenvalue weighted by molar-refractivity contribution is 5.79. The fraction of sp³-hybridized carbons (Fsp3) is 0.286. The molecule has 2 rings (SSSR count). The highest BCUT2D eigenvalue weighted by Gasteiger charge is 2.35. The zero-order valence-electron chi connectivity index (χ0n) is 11.2. The van der Waals surface area contributed by atoms with Crippen molar-refractivity contribution in [2.45, 2.75) is 25.4 Å². The maximum Gasteiger partial charge on any atom is 0.416 e. The molecule has 0 spiro atoms. The molecule has 4 nitrogen and oxygen atoms in total. The number of oxazole rings is 1. The predicted octanol–water partition coefficient (Wildman–Crippen LogP) is 3.72.